The predicted octanol–water partition coefficient (Wildman–Crippen LogP) is 4.17. The number of hydrogen-bond donors (Lipinski definition) is 2. The number of Topliss-reactive ketones (excluding diaryl/α,β-unsaturated/α-hetero) is 2. The van der Waals surface area contributed by atoms with Crippen LogP contribution in [0.5, 0.6) is 0 Å². The molecule has 3 aromatic carbocycles. The number of benzene rings is 3. The van der Waals surface area contributed by atoms with E-state index in [2.05, 4.69) is 9.97 Å². The Kier molecular flexibility index (Phi) is 7.98. The Morgan fingerprint density at radius 3 is 2.27 bits per heavy atom. The first-order valence-corrected chi connectivity index (χ1v) is 13.5. The van der Waals surface area contributed by atoms with E-state index in [4.69, 9.17) is 0 Å². The molecule has 0 saturated carbocycles. The van der Waals surface area contributed by atoms with Gasteiger partial charge in [-0.05, 0) is 61.0 Å². The molecule has 0 saturated heterocycles. The second-order valence-corrected chi connectivity index (χ2v) is 11.3. The zero-order chi connectivity index (χ0) is 26.9. The Labute approximate surface area is 255 Å². The summed E-state index contributed by atoms with van der Waals surface area (Å²) in [4.78, 5) is 46.3. The van der Waals surface area contributed by atoms with Crippen LogP contribution in [0.1, 0.15) is 48.2 Å². The summed E-state index contributed by atoms with van der Waals surface area (Å²) >= 11 is 1.15. The number of nitrogens with zero attached hydrogens (tertiary/aromatic N) is 2. The van der Waals surface area contributed by atoms with Crippen molar-refractivity contribution in [2.45, 2.75) is 17.7 Å². The van der Waals surface area contributed by atoms with Gasteiger partial charge in [0.15, 0.2) is 11.6 Å². The summed E-state index contributed by atoms with van der Waals surface area (Å²) in [5.41, 5.74) is 2.55. The van der Waals surface area contributed by atoms with E-state index >= 15 is 0 Å². The van der Waals surface area contributed by atoms with E-state index < -0.39 is 33.6 Å². The molecule has 40 heavy (non-hydrogen) atoms. The fourth-order valence-corrected chi connectivity index (χ4v) is 7.05. The fourth-order valence-electron chi connectivity index (χ4n) is 4.74. The summed E-state index contributed by atoms with van der Waals surface area (Å²) in [6.45, 7) is 1.60. The van der Waals surface area contributed by atoms with Crippen molar-refractivity contribution in [2.75, 3.05) is 0 Å². The van der Waals surface area contributed by atoms with Crippen molar-refractivity contribution in [3.05, 3.63) is 88.6 Å². The number of thiazole rings is 1. The van der Waals surface area contributed by atoms with Crippen molar-refractivity contribution < 1.29 is 32.5 Å². The molecule has 1 aliphatic carbocycles. The van der Waals surface area contributed by atoms with E-state index in [1.54, 1.807) is 43.3 Å². The normalized spacial score (nSPS) is 14.6. The molecular formula is C27H16Li2N2O7S2. The van der Waals surface area contributed by atoms with Gasteiger partial charge >= 0.3 is 5.97 Å². The maximum Gasteiger partial charge on any atom is 0.335 e. The van der Waals surface area contributed by atoms with Crippen LogP contribution in [0.3, 0.4) is 0 Å². The van der Waals surface area contributed by atoms with E-state index in [1.807, 2.05) is 6.07 Å². The van der Waals surface area contributed by atoms with E-state index in [1.165, 1.54) is 18.2 Å². The molecule has 2 radical (unpaired) electrons. The molecule has 0 aliphatic heterocycles. The van der Waals surface area contributed by atoms with Gasteiger partial charge in [0.2, 0.25) is 0 Å². The molecule has 0 amide bonds. The minimum absolute atomic E-state index is 0. The number of fused-ring (bicyclic) bond motifs is 3. The number of carboxylic acids is 1. The third-order valence-corrected chi connectivity index (χ3v) is 8.85. The van der Waals surface area contributed by atoms with Gasteiger partial charge in [0.05, 0.1) is 27.0 Å². The molecule has 1 unspecified atom stereocenters. The summed E-state index contributed by atoms with van der Waals surface area (Å²) in [6, 6.07) is 15.8. The molecule has 1 atom stereocenters. The number of carbonyl (C=O) groups excluding carboxylic acids is 2. The molecule has 0 bridgehead atoms. The van der Waals surface area contributed by atoms with Gasteiger partial charge in [0.1, 0.15) is 15.8 Å². The van der Waals surface area contributed by atoms with E-state index in [0.29, 0.717) is 37.3 Å². The van der Waals surface area contributed by atoms with Crippen LogP contribution in [-0.2, 0) is 10.1 Å². The average Bonchev–Trinajstić information content (AvgIpc) is 3.41. The molecule has 9 nitrogen and oxygen atoms in total. The topological polar surface area (TPSA) is 152 Å². The SMILES string of the molecule is Cc1ccc2nc(-c3ccc4nc(C5C(=O)c6ccc(C(=O)O)cc6C5=O)ccc4c3)sc2c1S(=O)(=O)O.[Li].[Li]. The van der Waals surface area contributed by atoms with Gasteiger partial charge < -0.3 is 5.11 Å². The number of aromatic carboxylic acids is 1. The number of carboxylic acid groups (broad SMARTS) is 1. The van der Waals surface area contributed by atoms with Crippen molar-refractivity contribution in [1.29, 1.82) is 0 Å². The first kappa shape index (κ1) is 29.8. The number of rotatable bonds is 4. The molecule has 190 valence electrons. The first-order valence-electron chi connectivity index (χ1n) is 11.3. The quantitative estimate of drug-likeness (QED) is 0.188. The molecule has 5 aromatic rings. The van der Waals surface area contributed by atoms with Crippen LogP contribution < -0.4 is 0 Å². The Morgan fingerprint density at radius 1 is 0.875 bits per heavy atom. The Bertz CT molecular complexity index is 2010. The van der Waals surface area contributed by atoms with Crippen molar-refractivity contribution >= 4 is 97.8 Å². The number of ketones is 2. The van der Waals surface area contributed by atoms with Gasteiger partial charge in [-0.3, -0.25) is 19.1 Å². The van der Waals surface area contributed by atoms with E-state index in [-0.39, 0.29) is 65.0 Å². The molecule has 6 rings (SSSR count). The third-order valence-electron chi connectivity index (χ3n) is 6.54. The van der Waals surface area contributed by atoms with Gasteiger partial charge in [-0.15, -0.1) is 11.3 Å². The number of carbonyl (C=O) groups is 3. The zero-order valence-electron chi connectivity index (χ0n) is 21.5. The third kappa shape index (κ3) is 4.85. The maximum absolute atomic E-state index is 13.0. The average molecular weight is 558 g/mol. The predicted molar refractivity (Wildman–Crippen MR) is 151 cm³/mol. The number of hydrogen-bond acceptors (Lipinski definition) is 8. The molecule has 2 N–H and O–H groups in total. The van der Waals surface area contributed by atoms with Crippen LogP contribution >= 0.6 is 11.3 Å². The van der Waals surface area contributed by atoms with Gasteiger partial charge in [-0.1, -0.05) is 12.1 Å². The van der Waals surface area contributed by atoms with Gasteiger partial charge in [0, 0.05) is 59.8 Å². The van der Waals surface area contributed by atoms with Crippen molar-refractivity contribution in [1.82, 2.24) is 9.97 Å². The van der Waals surface area contributed by atoms with Crippen LogP contribution in [-0.4, -0.2) is 83.3 Å². The van der Waals surface area contributed by atoms with Crippen LogP contribution in [0.2, 0.25) is 0 Å². The van der Waals surface area contributed by atoms with Gasteiger partial charge in [-0.2, -0.15) is 8.42 Å². The Balaban J connectivity index is 0.00000185. The summed E-state index contributed by atoms with van der Waals surface area (Å²) in [5, 5.41) is 10.5. The molecule has 2 aromatic heterocycles. The molecule has 2 heterocycles. The number of pyridine rings is 1. The molecule has 13 heteroatoms. The van der Waals surface area contributed by atoms with Crippen molar-refractivity contribution in [3.63, 3.8) is 0 Å². The fraction of sp³-hybridized carbons (Fsp3) is 0.0741. The molecule has 1 aliphatic rings. The van der Waals surface area contributed by atoms with Crippen molar-refractivity contribution in [3.8, 4) is 10.6 Å². The minimum atomic E-state index is -4.44. The number of aryl methyl sites for hydroxylation is 1. The van der Waals surface area contributed by atoms with Crippen LogP contribution in [0.25, 0.3) is 31.7 Å². The van der Waals surface area contributed by atoms with E-state index in [0.717, 1.165) is 11.3 Å². The molecule has 0 fully saturated rings. The van der Waals surface area contributed by atoms with Crippen LogP contribution in [0, 0.1) is 6.92 Å². The summed E-state index contributed by atoms with van der Waals surface area (Å²) in [5.74, 6) is -3.25. The van der Waals surface area contributed by atoms with E-state index in [9.17, 15) is 32.5 Å². The smallest absolute Gasteiger partial charge is 0.335 e. The summed E-state index contributed by atoms with van der Waals surface area (Å²) in [6.07, 6.45) is 0. The largest absolute Gasteiger partial charge is 0.478 e. The minimum Gasteiger partial charge on any atom is -0.478 e. The second-order valence-electron chi connectivity index (χ2n) is 8.92. The molecule has 0 spiro atoms. The zero-order valence-corrected chi connectivity index (χ0v) is 23.1. The molecular weight excluding hydrogens is 542 g/mol. The summed E-state index contributed by atoms with van der Waals surface area (Å²) in [7, 11) is -4.44. The Morgan fingerprint density at radius 2 is 1.57 bits per heavy atom. The van der Waals surface area contributed by atoms with Crippen LogP contribution in [0.15, 0.2) is 65.6 Å². The maximum atomic E-state index is 13.0. The monoisotopic (exact) mass is 558 g/mol. The Hall–Kier alpha value is -3.13. The standard InChI is InChI=1S/C27H16N2O7S2.2Li/c1-12-2-7-20-24(25(12)38(34,35)36)37-26(29-20)14-5-8-18-13(10-14)4-9-19(28-18)21-22(30)16-6-3-15(27(32)33)11-17(16)23(21)31;;/h2-11,21H,1H3,(H,32,33)(H,34,35,36);;. The first-order chi connectivity index (χ1) is 18.0. The number of aromatic nitrogens is 2. The van der Waals surface area contributed by atoms with Gasteiger partial charge in [0.25, 0.3) is 10.1 Å². The van der Waals surface area contributed by atoms with Crippen molar-refractivity contribution in [2.24, 2.45) is 0 Å². The van der Waals surface area contributed by atoms with Gasteiger partial charge in [-0.25, -0.2) is 9.78 Å². The second kappa shape index (κ2) is 10.7. The van der Waals surface area contributed by atoms with Crippen LogP contribution in [0.4, 0.5) is 0 Å². The summed E-state index contributed by atoms with van der Waals surface area (Å²) < 4.78 is 34.0.